The number of amides is 1. The zero-order valence-electron chi connectivity index (χ0n) is 20.9. The van der Waals surface area contributed by atoms with Crippen LogP contribution in [0, 0.1) is 6.92 Å². The molecule has 202 valence electrons. The van der Waals surface area contributed by atoms with Crippen LogP contribution in [-0.2, 0) is 11.3 Å². The molecule has 3 aromatic rings. The Morgan fingerprint density at radius 3 is 2.05 bits per heavy atom. The first-order chi connectivity index (χ1) is 17.7. The number of ether oxygens (including phenoxy) is 4. The normalized spacial score (nSPS) is 11.5. The van der Waals surface area contributed by atoms with E-state index in [4.69, 9.17) is 14.2 Å². The Kier molecular flexibility index (Phi) is 8.93. The molecule has 0 spiro atoms. The molecule has 0 bridgehead atoms. The summed E-state index contributed by atoms with van der Waals surface area (Å²) in [5.41, 5.74) is -1.14. The number of para-hydroxylation sites is 1. The molecule has 11 heteroatoms. The molecule has 3 aromatic carbocycles. The summed E-state index contributed by atoms with van der Waals surface area (Å²) >= 11 is 3.09. The number of hydrogen-bond acceptors (Lipinski definition) is 6. The van der Waals surface area contributed by atoms with E-state index >= 15 is 0 Å². The molecular formula is C27H25BrF3NO6. The number of alkyl halides is 3. The molecule has 0 unspecified atom stereocenters. The van der Waals surface area contributed by atoms with Gasteiger partial charge in [0.1, 0.15) is 35.0 Å². The highest BCUT2D eigenvalue weighted by molar-refractivity contribution is 9.10. The largest absolute Gasteiger partial charge is 0.573 e. The van der Waals surface area contributed by atoms with Crippen molar-refractivity contribution >= 4 is 33.7 Å². The molecule has 0 fully saturated rings. The van der Waals surface area contributed by atoms with Crippen LogP contribution in [0.1, 0.15) is 42.3 Å². The second-order valence-electron chi connectivity index (χ2n) is 9.00. The van der Waals surface area contributed by atoms with Crippen molar-refractivity contribution in [3.8, 4) is 17.2 Å². The second-order valence-corrected chi connectivity index (χ2v) is 9.79. The first kappa shape index (κ1) is 28.8. The zero-order chi connectivity index (χ0) is 28.1. The minimum absolute atomic E-state index is 0.0825. The van der Waals surface area contributed by atoms with Crippen molar-refractivity contribution in [2.45, 2.75) is 46.3 Å². The van der Waals surface area contributed by atoms with Crippen molar-refractivity contribution in [3.05, 3.63) is 81.8 Å². The summed E-state index contributed by atoms with van der Waals surface area (Å²) in [6, 6.07) is 16.8. The number of hydrogen-bond donors (Lipinski definition) is 1. The number of esters is 1. The maximum atomic E-state index is 13.4. The van der Waals surface area contributed by atoms with Crippen molar-refractivity contribution in [2.24, 2.45) is 0 Å². The van der Waals surface area contributed by atoms with Gasteiger partial charge in [0, 0.05) is 5.56 Å². The second kappa shape index (κ2) is 11.8. The molecule has 0 aliphatic heterocycles. The predicted molar refractivity (Wildman–Crippen MR) is 138 cm³/mol. The predicted octanol–water partition coefficient (Wildman–Crippen LogP) is 7.80. The maximum absolute atomic E-state index is 13.4. The Bertz CT molecular complexity index is 1290. The monoisotopic (exact) mass is 595 g/mol. The third kappa shape index (κ3) is 7.88. The van der Waals surface area contributed by atoms with Crippen molar-refractivity contribution in [3.63, 3.8) is 0 Å². The minimum Gasteiger partial charge on any atom is -0.486 e. The number of halogens is 4. The van der Waals surface area contributed by atoms with E-state index in [1.165, 1.54) is 19.1 Å². The Morgan fingerprint density at radius 1 is 0.921 bits per heavy atom. The summed E-state index contributed by atoms with van der Waals surface area (Å²) in [6.45, 7) is 6.01. The molecule has 0 aliphatic carbocycles. The molecule has 0 aromatic heterocycles. The topological polar surface area (TPSA) is 83.1 Å². The van der Waals surface area contributed by atoms with Gasteiger partial charge in [-0.2, -0.15) is 0 Å². The minimum atomic E-state index is -5.11. The first-order valence-electron chi connectivity index (χ1n) is 11.3. The van der Waals surface area contributed by atoms with E-state index < -0.39 is 29.8 Å². The molecule has 1 amide bonds. The average molecular weight is 596 g/mol. The lowest BCUT2D eigenvalue weighted by Crippen LogP contribution is -2.28. The maximum Gasteiger partial charge on any atom is 0.573 e. The number of rotatable bonds is 7. The van der Waals surface area contributed by atoms with E-state index in [9.17, 15) is 22.8 Å². The van der Waals surface area contributed by atoms with Gasteiger partial charge < -0.3 is 18.9 Å². The molecule has 0 aliphatic rings. The van der Waals surface area contributed by atoms with Gasteiger partial charge in [-0.1, -0.05) is 48.5 Å². The van der Waals surface area contributed by atoms with Gasteiger partial charge in [0.05, 0.1) is 4.47 Å². The standard InChI is InChI=1S/C27H25BrF3NO6/c1-16-19(24(33)36-18-13-9-6-10-14-18)23(35-15-17-11-7-5-8-12-17)21(32-25(34)38-26(2,3)4)20(28)22(16)37-27(29,30)31/h5-14H,15H2,1-4H3,(H,32,34). The van der Waals surface area contributed by atoms with E-state index in [1.807, 2.05) is 0 Å². The Morgan fingerprint density at radius 2 is 1.50 bits per heavy atom. The van der Waals surface area contributed by atoms with Gasteiger partial charge in [-0.3, -0.25) is 5.32 Å². The lowest BCUT2D eigenvalue weighted by Gasteiger charge is -2.24. The highest BCUT2D eigenvalue weighted by Gasteiger charge is 2.37. The van der Waals surface area contributed by atoms with Crippen LogP contribution in [0.4, 0.5) is 23.7 Å². The highest BCUT2D eigenvalue weighted by atomic mass is 79.9. The van der Waals surface area contributed by atoms with E-state index in [-0.39, 0.29) is 39.4 Å². The van der Waals surface area contributed by atoms with E-state index in [1.54, 1.807) is 69.3 Å². The molecule has 0 heterocycles. The van der Waals surface area contributed by atoms with Crippen molar-refractivity contribution < 1.29 is 41.7 Å². The van der Waals surface area contributed by atoms with Crippen LogP contribution in [0.2, 0.25) is 0 Å². The summed E-state index contributed by atoms with van der Waals surface area (Å²) in [5.74, 6) is -1.87. The third-order valence-electron chi connectivity index (χ3n) is 4.82. The van der Waals surface area contributed by atoms with Crippen molar-refractivity contribution in [2.75, 3.05) is 5.32 Å². The van der Waals surface area contributed by atoms with Crippen LogP contribution < -0.4 is 19.5 Å². The molecule has 0 saturated heterocycles. The summed E-state index contributed by atoms with van der Waals surface area (Å²) in [4.78, 5) is 26.0. The average Bonchev–Trinajstić information content (AvgIpc) is 2.82. The van der Waals surface area contributed by atoms with Crippen LogP contribution in [-0.4, -0.2) is 24.0 Å². The van der Waals surface area contributed by atoms with Crippen molar-refractivity contribution in [1.29, 1.82) is 0 Å². The summed E-state index contributed by atoms with van der Waals surface area (Å²) in [5, 5.41) is 2.40. The van der Waals surface area contributed by atoms with E-state index in [0.29, 0.717) is 5.56 Å². The summed E-state index contributed by atoms with van der Waals surface area (Å²) in [7, 11) is 0. The van der Waals surface area contributed by atoms with Crippen molar-refractivity contribution in [1.82, 2.24) is 0 Å². The number of benzene rings is 3. The number of nitrogens with one attached hydrogen (secondary N) is 1. The fourth-order valence-corrected chi connectivity index (χ4v) is 3.97. The smallest absolute Gasteiger partial charge is 0.486 e. The lowest BCUT2D eigenvalue weighted by atomic mass is 10.0. The van der Waals surface area contributed by atoms with Gasteiger partial charge in [0.2, 0.25) is 0 Å². The van der Waals surface area contributed by atoms with E-state index in [2.05, 4.69) is 26.0 Å². The first-order valence-corrected chi connectivity index (χ1v) is 12.1. The van der Waals surface area contributed by atoms with Gasteiger partial charge in [0.15, 0.2) is 5.75 Å². The molecule has 3 rings (SSSR count). The molecule has 0 saturated carbocycles. The molecule has 0 radical (unpaired) electrons. The Balaban J connectivity index is 2.20. The molecular weight excluding hydrogens is 571 g/mol. The SMILES string of the molecule is Cc1c(OC(F)(F)F)c(Br)c(NC(=O)OC(C)(C)C)c(OCc2ccccc2)c1C(=O)Oc1ccccc1. The fraction of sp³-hybridized carbons (Fsp3) is 0.259. The van der Waals surface area contributed by atoms with Gasteiger partial charge in [-0.05, 0) is 61.3 Å². The van der Waals surface area contributed by atoms with Gasteiger partial charge in [-0.15, -0.1) is 13.2 Å². The summed E-state index contributed by atoms with van der Waals surface area (Å²) in [6.07, 6.45) is -6.10. The molecule has 0 atom stereocenters. The van der Waals surface area contributed by atoms with Gasteiger partial charge in [0.25, 0.3) is 0 Å². The molecule has 7 nitrogen and oxygen atoms in total. The Labute approximate surface area is 226 Å². The summed E-state index contributed by atoms with van der Waals surface area (Å²) < 4.78 is 60.7. The fourth-order valence-electron chi connectivity index (χ4n) is 3.31. The van der Waals surface area contributed by atoms with Crippen LogP contribution in [0.5, 0.6) is 17.2 Å². The molecule has 1 N–H and O–H groups in total. The highest BCUT2D eigenvalue weighted by Crippen LogP contribution is 2.48. The van der Waals surface area contributed by atoms with Crippen LogP contribution in [0.15, 0.2) is 65.1 Å². The molecule has 38 heavy (non-hydrogen) atoms. The van der Waals surface area contributed by atoms with Crippen LogP contribution in [0.3, 0.4) is 0 Å². The van der Waals surface area contributed by atoms with Crippen LogP contribution in [0.25, 0.3) is 0 Å². The zero-order valence-corrected chi connectivity index (χ0v) is 22.5. The van der Waals surface area contributed by atoms with Gasteiger partial charge in [-0.25, -0.2) is 9.59 Å². The van der Waals surface area contributed by atoms with Crippen LogP contribution >= 0.6 is 15.9 Å². The Hall–Kier alpha value is -3.73. The number of carbonyl (C=O) groups excluding carboxylic acids is 2. The quantitative estimate of drug-likeness (QED) is 0.221. The third-order valence-corrected chi connectivity index (χ3v) is 5.57. The number of carbonyl (C=O) groups is 2. The van der Waals surface area contributed by atoms with Gasteiger partial charge >= 0.3 is 18.4 Å². The number of anilines is 1. The lowest BCUT2D eigenvalue weighted by molar-refractivity contribution is -0.275. The van der Waals surface area contributed by atoms with E-state index in [0.717, 1.165) is 0 Å².